The molecule has 0 bridgehead atoms. The van der Waals surface area contributed by atoms with E-state index >= 15 is 0 Å². The molecular formula is C19H20N2O5. The molecule has 1 atom stereocenters. The van der Waals surface area contributed by atoms with Gasteiger partial charge in [0.05, 0.1) is 18.7 Å². The Morgan fingerprint density at radius 1 is 1.27 bits per heavy atom. The van der Waals surface area contributed by atoms with Crippen molar-refractivity contribution in [3.8, 4) is 0 Å². The Bertz CT molecular complexity index is 800. The molecule has 1 aliphatic rings. The highest BCUT2D eigenvalue weighted by Gasteiger charge is 2.34. The summed E-state index contributed by atoms with van der Waals surface area (Å²) in [6.07, 6.45) is 2.16. The number of hydrogen-bond donors (Lipinski definition) is 2. The third kappa shape index (κ3) is 4.50. The number of carbonyl (C=O) groups is 3. The summed E-state index contributed by atoms with van der Waals surface area (Å²) in [5.41, 5.74) is 1.45. The highest BCUT2D eigenvalue weighted by atomic mass is 16.4. The molecule has 3 rings (SSSR count). The van der Waals surface area contributed by atoms with E-state index in [0.717, 1.165) is 5.56 Å². The maximum Gasteiger partial charge on any atom is 0.303 e. The van der Waals surface area contributed by atoms with Gasteiger partial charge in [-0.1, -0.05) is 12.1 Å². The topological polar surface area (TPSA) is 99.8 Å². The number of amides is 2. The van der Waals surface area contributed by atoms with E-state index in [-0.39, 0.29) is 24.7 Å². The van der Waals surface area contributed by atoms with Crippen molar-refractivity contribution in [1.29, 1.82) is 0 Å². The number of furan rings is 1. The average molecular weight is 356 g/mol. The van der Waals surface area contributed by atoms with Crippen LogP contribution in [0.25, 0.3) is 0 Å². The van der Waals surface area contributed by atoms with Crippen LogP contribution in [0, 0.1) is 5.92 Å². The van der Waals surface area contributed by atoms with Gasteiger partial charge in [0.15, 0.2) is 0 Å². The van der Waals surface area contributed by atoms with Crippen molar-refractivity contribution in [2.45, 2.75) is 25.8 Å². The standard InChI is InChI=1S/C19H20N2O5/c22-17-10-14(11-21(17)12-16-5-2-8-26-16)19(25)20-15-4-1-3-13(9-15)6-7-18(23)24/h1-5,8-9,14H,6-7,10-12H2,(H,20,25)(H,23,24). The van der Waals surface area contributed by atoms with Crippen LogP contribution in [0.1, 0.15) is 24.2 Å². The molecule has 1 aromatic carbocycles. The second-order valence-corrected chi connectivity index (χ2v) is 6.34. The highest BCUT2D eigenvalue weighted by molar-refractivity contribution is 5.97. The van der Waals surface area contributed by atoms with Crippen LogP contribution in [-0.2, 0) is 27.3 Å². The number of benzene rings is 1. The molecule has 7 heteroatoms. The summed E-state index contributed by atoms with van der Waals surface area (Å²) in [5.74, 6) is -0.876. The molecule has 1 aliphatic heterocycles. The Morgan fingerprint density at radius 2 is 2.12 bits per heavy atom. The van der Waals surface area contributed by atoms with Crippen molar-refractivity contribution in [3.05, 3.63) is 54.0 Å². The van der Waals surface area contributed by atoms with Crippen LogP contribution in [-0.4, -0.2) is 34.3 Å². The van der Waals surface area contributed by atoms with Gasteiger partial charge < -0.3 is 19.7 Å². The van der Waals surface area contributed by atoms with Gasteiger partial charge in [0, 0.05) is 25.1 Å². The number of aliphatic carboxylic acids is 1. The minimum atomic E-state index is -0.861. The summed E-state index contributed by atoms with van der Waals surface area (Å²) in [5, 5.41) is 11.6. The molecule has 1 saturated heterocycles. The van der Waals surface area contributed by atoms with Crippen molar-refractivity contribution >= 4 is 23.5 Å². The van der Waals surface area contributed by atoms with E-state index in [1.807, 2.05) is 6.07 Å². The lowest BCUT2D eigenvalue weighted by Gasteiger charge is -2.15. The third-order valence-electron chi connectivity index (χ3n) is 4.33. The molecule has 1 fully saturated rings. The zero-order valence-electron chi connectivity index (χ0n) is 14.2. The summed E-state index contributed by atoms with van der Waals surface area (Å²) >= 11 is 0. The summed E-state index contributed by atoms with van der Waals surface area (Å²) in [6.45, 7) is 0.713. The number of rotatable bonds is 7. The van der Waals surface area contributed by atoms with Gasteiger partial charge in [-0.3, -0.25) is 14.4 Å². The first-order valence-electron chi connectivity index (χ1n) is 8.43. The van der Waals surface area contributed by atoms with Crippen LogP contribution < -0.4 is 5.32 Å². The third-order valence-corrected chi connectivity index (χ3v) is 4.33. The fraction of sp³-hybridized carbons (Fsp3) is 0.316. The van der Waals surface area contributed by atoms with E-state index in [4.69, 9.17) is 9.52 Å². The molecule has 7 nitrogen and oxygen atoms in total. The normalized spacial score (nSPS) is 16.7. The van der Waals surface area contributed by atoms with E-state index in [1.54, 1.807) is 41.5 Å². The number of carboxylic acids is 1. The van der Waals surface area contributed by atoms with E-state index in [9.17, 15) is 14.4 Å². The van der Waals surface area contributed by atoms with Crippen molar-refractivity contribution in [3.63, 3.8) is 0 Å². The van der Waals surface area contributed by atoms with E-state index in [1.165, 1.54) is 0 Å². The lowest BCUT2D eigenvalue weighted by atomic mass is 10.1. The number of hydrogen-bond acceptors (Lipinski definition) is 4. The second-order valence-electron chi connectivity index (χ2n) is 6.34. The molecule has 0 spiro atoms. The number of carboxylic acid groups (broad SMARTS) is 1. The van der Waals surface area contributed by atoms with Crippen LogP contribution >= 0.6 is 0 Å². The van der Waals surface area contributed by atoms with Gasteiger partial charge in [0.25, 0.3) is 0 Å². The first-order chi connectivity index (χ1) is 12.5. The summed E-state index contributed by atoms with van der Waals surface area (Å²) in [6, 6.07) is 10.7. The van der Waals surface area contributed by atoms with Gasteiger partial charge >= 0.3 is 5.97 Å². The molecule has 0 radical (unpaired) electrons. The first kappa shape index (κ1) is 17.7. The van der Waals surface area contributed by atoms with Gasteiger partial charge in [-0.05, 0) is 36.2 Å². The molecule has 136 valence electrons. The number of nitrogens with zero attached hydrogens (tertiary/aromatic N) is 1. The van der Waals surface area contributed by atoms with E-state index < -0.39 is 11.9 Å². The summed E-state index contributed by atoms with van der Waals surface area (Å²) in [7, 11) is 0. The molecule has 2 N–H and O–H groups in total. The Kier molecular flexibility index (Phi) is 5.36. The quantitative estimate of drug-likeness (QED) is 0.793. The Hall–Kier alpha value is -3.09. The Balaban J connectivity index is 1.57. The number of likely N-dealkylation sites (tertiary alicyclic amines) is 1. The van der Waals surface area contributed by atoms with Gasteiger partial charge in [-0.15, -0.1) is 0 Å². The zero-order valence-corrected chi connectivity index (χ0v) is 14.2. The molecule has 0 aliphatic carbocycles. The molecule has 2 amide bonds. The summed E-state index contributed by atoms with van der Waals surface area (Å²) in [4.78, 5) is 36.9. The number of carbonyl (C=O) groups excluding carboxylic acids is 2. The zero-order chi connectivity index (χ0) is 18.5. The lowest BCUT2D eigenvalue weighted by Crippen LogP contribution is -2.27. The highest BCUT2D eigenvalue weighted by Crippen LogP contribution is 2.22. The first-order valence-corrected chi connectivity index (χ1v) is 8.43. The number of anilines is 1. The van der Waals surface area contributed by atoms with Gasteiger partial charge in [-0.25, -0.2) is 0 Å². The second kappa shape index (κ2) is 7.86. The monoisotopic (exact) mass is 356 g/mol. The molecule has 26 heavy (non-hydrogen) atoms. The molecular weight excluding hydrogens is 336 g/mol. The van der Waals surface area contributed by atoms with E-state index in [0.29, 0.717) is 31.0 Å². The Morgan fingerprint density at radius 3 is 2.85 bits per heavy atom. The number of nitrogens with one attached hydrogen (secondary N) is 1. The number of aryl methyl sites for hydroxylation is 1. The average Bonchev–Trinajstić information content (AvgIpc) is 3.24. The van der Waals surface area contributed by atoms with Crippen molar-refractivity contribution < 1.29 is 23.9 Å². The van der Waals surface area contributed by atoms with Crippen LogP contribution in [0.15, 0.2) is 47.1 Å². The molecule has 1 unspecified atom stereocenters. The maximum absolute atomic E-state index is 12.5. The molecule has 1 aromatic heterocycles. The van der Waals surface area contributed by atoms with E-state index in [2.05, 4.69) is 5.32 Å². The van der Waals surface area contributed by atoms with Gasteiger partial charge in [0.1, 0.15) is 5.76 Å². The van der Waals surface area contributed by atoms with Crippen LogP contribution in [0.5, 0.6) is 0 Å². The fourth-order valence-electron chi connectivity index (χ4n) is 2.99. The molecule has 2 heterocycles. The van der Waals surface area contributed by atoms with Crippen molar-refractivity contribution in [2.24, 2.45) is 5.92 Å². The molecule has 0 saturated carbocycles. The van der Waals surface area contributed by atoms with Crippen molar-refractivity contribution in [2.75, 3.05) is 11.9 Å². The predicted molar refractivity (Wildman–Crippen MR) is 93.3 cm³/mol. The van der Waals surface area contributed by atoms with Crippen molar-refractivity contribution in [1.82, 2.24) is 4.90 Å². The van der Waals surface area contributed by atoms with Gasteiger partial charge in [0.2, 0.25) is 11.8 Å². The fourth-order valence-corrected chi connectivity index (χ4v) is 2.99. The van der Waals surface area contributed by atoms with Crippen LogP contribution in [0.2, 0.25) is 0 Å². The van der Waals surface area contributed by atoms with Gasteiger partial charge in [-0.2, -0.15) is 0 Å². The maximum atomic E-state index is 12.5. The predicted octanol–water partition coefficient (Wildman–Crippen LogP) is 2.28. The lowest BCUT2D eigenvalue weighted by molar-refractivity contribution is -0.137. The molecule has 2 aromatic rings. The SMILES string of the molecule is O=C(O)CCc1cccc(NC(=O)C2CC(=O)N(Cc3ccco3)C2)c1. The smallest absolute Gasteiger partial charge is 0.303 e. The van der Waals surface area contributed by atoms with Crippen LogP contribution in [0.4, 0.5) is 5.69 Å². The van der Waals surface area contributed by atoms with Crippen LogP contribution in [0.3, 0.4) is 0 Å². The Labute approximate surface area is 150 Å². The minimum Gasteiger partial charge on any atom is -0.481 e. The minimum absolute atomic E-state index is 0.0380. The largest absolute Gasteiger partial charge is 0.481 e. The summed E-state index contributed by atoms with van der Waals surface area (Å²) < 4.78 is 5.25.